The maximum absolute atomic E-state index is 5.23. The summed E-state index contributed by atoms with van der Waals surface area (Å²) in [5.41, 5.74) is 5.07. The molecule has 1 aliphatic carbocycles. The van der Waals surface area contributed by atoms with Crippen molar-refractivity contribution in [2.24, 2.45) is 0 Å². The molecule has 0 amide bonds. The van der Waals surface area contributed by atoms with E-state index in [1.54, 1.807) is 12.1 Å². The first-order chi connectivity index (χ1) is 15.9. The molecule has 3 heteroatoms. The number of aromatic nitrogens is 2. The summed E-state index contributed by atoms with van der Waals surface area (Å²) in [6.45, 7) is 30.7. The highest BCUT2D eigenvalue weighted by Crippen LogP contribution is 2.15. The molecule has 0 aliphatic heterocycles. The van der Waals surface area contributed by atoms with Crippen LogP contribution in [0.4, 0.5) is 0 Å². The summed E-state index contributed by atoms with van der Waals surface area (Å²) in [6, 6.07) is 8.18. The van der Waals surface area contributed by atoms with E-state index >= 15 is 0 Å². The lowest BCUT2D eigenvalue weighted by Gasteiger charge is -2.02. The van der Waals surface area contributed by atoms with Crippen LogP contribution in [0.2, 0.25) is 0 Å². The Hall–Kier alpha value is -2.16. The Kier molecular flexibility index (Phi) is 56.3. The molecule has 216 valence electrons. The van der Waals surface area contributed by atoms with Crippen molar-refractivity contribution in [1.82, 2.24) is 9.97 Å². The Morgan fingerprint density at radius 3 is 1.44 bits per heavy atom. The Bertz CT molecular complexity index is 642. The number of benzene rings is 1. The van der Waals surface area contributed by atoms with Crippen LogP contribution in [-0.4, -0.2) is 16.6 Å². The fraction of sp³-hybridized carbons (Fsp3) is 0.636. The maximum atomic E-state index is 5.23. The maximum Gasteiger partial charge on any atom is 0.217 e. The minimum absolute atomic E-state index is 0. The average molecular weight is 509 g/mol. The van der Waals surface area contributed by atoms with E-state index in [0.717, 1.165) is 5.69 Å². The molecule has 0 atom stereocenters. The minimum Gasteiger partial charge on any atom is -0.478 e. The molecule has 3 rings (SSSR count). The van der Waals surface area contributed by atoms with E-state index in [9.17, 15) is 0 Å². The fourth-order valence-electron chi connectivity index (χ4n) is 1.77. The van der Waals surface area contributed by atoms with Crippen LogP contribution < -0.4 is 4.74 Å². The van der Waals surface area contributed by atoms with Crippen LogP contribution in [0.15, 0.2) is 30.8 Å². The summed E-state index contributed by atoms with van der Waals surface area (Å²) in [5.74, 6) is 1.22. The fourth-order valence-corrected chi connectivity index (χ4v) is 1.77. The Labute approximate surface area is 230 Å². The first-order valence-electron chi connectivity index (χ1n) is 13.0. The van der Waals surface area contributed by atoms with Crippen molar-refractivity contribution in [3.8, 4) is 5.88 Å². The van der Waals surface area contributed by atoms with Gasteiger partial charge in [-0.2, -0.15) is 4.98 Å². The molecule has 3 nitrogen and oxygen atoms in total. The van der Waals surface area contributed by atoms with E-state index in [-0.39, 0.29) is 22.3 Å². The molecule has 0 radical (unpaired) electrons. The predicted octanol–water partition coefficient (Wildman–Crippen LogP) is 12.0. The number of ether oxygens (including phenoxy) is 1. The molecule has 0 bridgehead atoms. The molecule has 2 aromatic rings. The monoisotopic (exact) mass is 509 g/mol. The highest BCUT2D eigenvalue weighted by molar-refractivity contribution is 5.37. The molecule has 1 fully saturated rings. The summed E-state index contributed by atoms with van der Waals surface area (Å²) in [6.07, 6.45) is 7.36. The average Bonchev–Trinajstić information content (AvgIpc) is 3.72. The lowest BCUT2D eigenvalue weighted by Crippen LogP contribution is -1.98. The second kappa shape index (κ2) is 40.0. The van der Waals surface area contributed by atoms with Crippen LogP contribution in [0.3, 0.4) is 0 Å². The van der Waals surface area contributed by atoms with E-state index in [1.807, 2.05) is 55.4 Å². The van der Waals surface area contributed by atoms with Crippen molar-refractivity contribution >= 4 is 6.08 Å². The number of aryl methyl sites for hydroxylation is 3. The number of hydrogen-bond donors (Lipinski definition) is 0. The van der Waals surface area contributed by atoms with Gasteiger partial charge >= 0.3 is 0 Å². The van der Waals surface area contributed by atoms with Crippen LogP contribution in [0.5, 0.6) is 5.88 Å². The van der Waals surface area contributed by atoms with Crippen molar-refractivity contribution in [2.45, 2.75) is 138 Å². The standard InChI is InChI=1S/C9H12N2O.C9H12.C3H6.C3H8.3C2H6.3CH4/c1-4-8-10-7(3)6-9(11-8)12-5-2;1-7-5-4-6-8(2)9(7)3;1-2-3-1;1-3-2;3*1-2;;;/h4,6H,1,5H2,2-3H3;4-6H,1-3H3;1-3H2;3H2,1-2H3;3*1-2H3;3*1H4. The van der Waals surface area contributed by atoms with E-state index in [2.05, 4.69) is 69.4 Å². The zero-order chi connectivity index (χ0) is 26.7. The van der Waals surface area contributed by atoms with Gasteiger partial charge < -0.3 is 4.74 Å². The van der Waals surface area contributed by atoms with Gasteiger partial charge in [0.25, 0.3) is 0 Å². The summed E-state index contributed by atoms with van der Waals surface area (Å²) < 4.78 is 5.23. The van der Waals surface area contributed by atoms with Gasteiger partial charge in [0.15, 0.2) is 5.82 Å². The summed E-state index contributed by atoms with van der Waals surface area (Å²) in [5, 5.41) is 0. The molecule has 1 heterocycles. The van der Waals surface area contributed by atoms with Gasteiger partial charge in [-0.05, 0) is 57.4 Å². The van der Waals surface area contributed by atoms with Gasteiger partial charge in [-0.25, -0.2) is 4.98 Å². The van der Waals surface area contributed by atoms with Crippen molar-refractivity contribution < 1.29 is 4.74 Å². The van der Waals surface area contributed by atoms with Crippen LogP contribution in [-0.2, 0) is 0 Å². The third-order valence-corrected chi connectivity index (χ3v) is 3.55. The van der Waals surface area contributed by atoms with Crippen LogP contribution in [0.25, 0.3) is 6.08 Å². The number of rotatable bonds is 3. The first-order valence-corrected chi connectivity index (χ1v) is 13.0. The highest BCUT2D eigenvalue weighted by atomic mass is 16.5. The third-order valence-electron chi connectivity index (χ3n) is 3.55. The lowest BCUT2D eigenvalue weighted by atomic mass is 10.1. The molecule has 1 saturated carbocycles. The third kappa shape index (κ3) is 34.0. The summed E-state index contributed by atoms with van der Waals surface area (Å²) in [7, 11) is 0. The molecule has 1 aromatic carbocycles. The van der Waals surface area contributed by atoms with E-state index in [0.29, 0.717) is 18.3 Å². The van der Waals surface area contributed by atoms with E-state index in [1.165, 1.54) is 42.4 Å². The number of hydrogen-bond acceptors (Lipinski definition) is 3. The smallest absolute Gasteiger partial charge is 0.217 e. The predicted molar refractivity (Wildman–Crippen MR) is 173 cm³/mol. The van der Waals surface area contributed by atoms with Gasteiger partial charge in [-0.1, -0.05) is 128 Å². The van der Waals surface area contributed by atoms with Gasteiger partial charge in [0.1, 0.15) is 0 Å². The molecule has 1 aromatic heterocycles. The van der Waals surface area contributed by atoms with Crippen molar-refractivity contribution in [2.75, 3.05) is 6.61 Å². The van der Waals surface area contributed by atoms with Crippen molar-refractivity contribution in [1.29, 1.82) is 0 Å². The highest BCUT2D eigenvalue weighted by Gasteiger charge is 1.98. The summed E-state index contributed by atoms with van der Waals surface area (Å²) in [4.78, 5) is 8.22. The molecule has 0 spiro atoms. The second-order valence-corrected chi connectivity index (χ2v) is 6.63. The number of nitrogens with zero attached hydrogens (tertiary/aromatic N) is 2. The Balaban J connectivity index is -0.0000000622. The van der Waals surface area contributed by atoms with Gasteiger partial charge in [0, 0.05) is 11.8 Å². The molecular weight excluding hydrogens is 440 g/mol. The quantitative estimate of drug-likeness (QED) is 0.413. The molecule has 36 heavy (non-hydrogen) atoms. The van der Waals surface area contributed by atoms with Crippen LogP contribution in [0, 0.1) is 27.7 Å². The summed E-state index contributed by atoms with van der Waals surface area (Å²) >= 11 is 0. The van der Waals surface area contributed by atoms with E-state index in [4.69, 9.17) is 4.74 Å². The van der Waals surface area contributed by atoms with Crippen LogP contribution in [0.1, 0.15) is 138 Å². The largest absolute Gasteiger partial charge is 0.478 e. The molecular formula is C33H68N2O. The Morgan fingerprint density at radius 1 is 0.778 bits per heavy atom. The zero-order valence-corrected chi connectivity index (χ0v) is 24.4. The SMILES string of the molecule is C.C.C.C1CC1.C=Cc1nc(C)cc(OCC)n1.CC.CC.CC.CCC.Cc1cccc(C)c1C. The van der Waals surface area contributed by atoms with E-state index < -0.39 is 0 Å². The second-order valence-electron chi connectivity index (χ2n) is 6.63. The van der Waals surface area contributed by atoms with Crippen LogP contribution >= 0.6 is 0 Å². The van der Waals surface area contributed by atoms with Gasteiger partial charge in [-0.15, -0.1) is 0 Å². The van der Waals surface area contributed by atoms with Gasteiger partial charge in [-0.3, -0.25) is 0 Å². The first kappa shape index (κ1) is 50.7. The molecule has 0 unspecified atom stereocenters. The minimum atomic E-state index is 0. The van der Waals surface area contributed by atoms with Crippen molar-refractivity contribution in [3.05, 3.63) is 59.1 Å². The topological polar surface area (TPSA) is 35.0 Å². The lowest BCUT2D eigenvalue weighted by molar-refractivity contribution is 0.325. The van der Waals surface area contributed by atoms with Gasteiger partial charge in [0.2, 0.25) is 5.88 Å². The Morgan fingerprint density at radius 2 is 1.17 bits per heavy atom. The molecule has 0 N–H and O–H groups in total. The molecule has 1 aliphatic rings. The van der Waals surface area contributed by atoms with Crippen molar-refractivity contribution in [3.63, 3.8) is 0 Å². The molecule has 0 saturated heterocycles. The normalized spacial score (nSPS) is 8.58. The zero-order valence-electron chi connectivity index (χ0n) is 24.4. The van der Waals surface area contributed by atoms with Gasteiger partial charge in [0.05, 0.1) is 6.61 Å².